The van der Waals surface area contributed by atoms with Gasteiger partial charge >= 0.3 is 6.18 Å². The Bertz CT molecular complexity index is 414. The molecular formula is C13H19F3N2O3. The number of carbonyl (C=O) groups excluding carboxylic acids is 2. The van der Waals surface area contributed by atoms with Gasteiger partial charge in [-0.05, 0) is 19.3 Å². The van der Waals surface area contributed by atoms with Gasteiger partial charge in [0, 0.05) is 19.5 Å². The molecule has 0 radical (unpaired) electrons. The van der Waals surface area contributed by atoms with Crippen LogP contribution in [-0.2, 0) is 9.59 Å². The van der Waals surface area contributed by atoms with E-state index in [1.807, 2.05) is 0 Å². The highest BCUT2D eigenvalue weighted by molar-refractivity contribution is 5.89. The highest BCUT2D eigenvalue weighted by Crippen LogP contribution is 2.27. The van der Waals surface area contributed by atoms with Gasteiger partial charge in [-0.2, -0.15) is 13.2 Å². The largest absolute Gasteiger partial charge is 0.406 e. The van der Waals surface area contributed by atoms with Crippen molar-refractivity contribution in [2.24, 2.45) is 5.92 Å². The molecule has 2 rings (SSSR count). The first-order chi connectivity index (χ1) is 9.81. The van der Waals surface area contributed by atoms with Crippen LogP contribution in [0, 0.1) is 5.92 Å². The normalized spacial score (nSPS) is 27.3. The van der Waals surface area contributed by atoms with E-state index in [1.54, 1.807) is 0 Å². The third-order valence-corrected chi connectivity index (χ3v) is 4.05. The molecule has 0 bridgehead atoms. The third-order valence-electron chi connectivity index (χ3n) is 4.05. The molecule has 0 spiro atoms. The standard InChI is InChI=1S/C13H19F3N2O3/c14-13(15,16)8-17-6-9(5-11(17)20)12(21)18-4-2-1-3-10(18)7-19/h9-10,19H,1-8H2. The van der Waals surface area contributed by atoms with E-state index < -0.39 is 24.5 Å². The summed E-state index contributed by atoms with van der Waals surface area (Å²) in [5.74, 6) is -1.68. The molecule has 2 amide bonds. The molecule has 21 heavy (non-hydrogen) atoms. The molecule has 0 saturated carbocycles. The van der Waals surface area contributed by atoms with Crippen molar-refractivity contribution in [1.29, 1.82) is 0 Å². The molecule has 0 aliphatic carbocycles. The van der Waals surface area contributed by atoms with Crippen molar-refractivity contribution in [3.05, 3.63) is 0 Å². The van der Waals surface area contributed by atoms with E-state index in [0.717, 1.165) is 12.8 Å². The number of alkyl halides is 3. The van der Waals surface area contributed by atoms with Gasteiger partial charge in [-0.25, -0.2) is 0 Å². The zero-order chi connectivity index (χ0) is 15.6. The lowest BCUT2D eigenvalue weighted by atomic mass is 9.99. The van der Waals surface area contributed by atoms with Crippen LogP contribution in [-0.4, -0.2) is 65.2 Å². The SMILES string of the molecule is O=C1CC(C(=O)N2CCCCC2CO)CN1CC(F)(F)F. The Morgan fingerprint density at radius 2 is 2.05 bits per heavy atom. The minimum atomic E-state index is -4.45. The summed E-state index contributed by atoms with van der Waals surface area (Å²) >= 11 is 0. The van der Waals surface area contributed by atoms with E-state index in [0.29, 0.717) is 17.9 Å². The molecule has 8 heteroatoms. The van der Waals surface area contributed by atoms with Crippen LogP contribution >= 0.6 is 0 Å². The number of halogens is 3. The Labute approximate surface area is 120 Å². The summed E-state index contributed by atoms with van der Waals surface area (Å²) in [6, 6.07) is -0.280. The quantitative estimate of drug-likeness (QED) is 0.838. The molecule has 0 aromatic carbocycles. The van der Waals surface area contributed by atoms with Crippen LogP contribution in [0.25, 0.3) is 0 Å². The minimum absolute atomic E-state index is 0.154. The summed E-state index contributed by atoms with van der Waals surface area (Å²) in [7, 11) is 0. The number of piperidine rings is 1. The molecule has 5 nitrogen and oxygen atoms in total. The van der Waals surface area contributed by atoms with Crippen LogP contribution in [0.15, 0.2) is 0 Å². The first-order valence-corrected chi connectivity index (χ1v) is 7.07. The molecule has 2 atom stereocenters. The number of aliphatic hydroxyl groups excluding tert-OH is 1. The lowest BCUT2D eigenvalue weighted by molar-refractivity contribution is -0.157. The minimum Gasteiger partial charge on any atom is -0.394 e. The van der Waals surface area contributed by atoms with Gasteiger partial charge in [-0.1, -0.05) is 0 Å². The topological polar surface area (TPSA) is 60.9 Å². The van der Waals surface area contributed by atoms with Crippen molar-refractivity contribution in [2.45, 2.75) is 37.9 Å². The zero-order valence-electron chi connectivity index (χ0n) is 11.6. The zero-order valence-corrected chi connectivity index (χ0v) is 11.6. The van der Waals surface area contributed by atoms with Gasteiger partial charge in [0.1, 0.15) is 6.54 Å². The number of amides is 2. The van der Waals surface area contributed by atoms with E-state index in [2.05, 4.69) is 0 Å². The van der Waals surface area contributed by atoms with Crippen LogP contribution < -0.4 is 0 Å². The summed E-state index contributed by atoms with van der Waals surface area (Å²) in [4.78, 5) is 26.2. The fraction of sp³-hybridized carbons (Fsp3) is 0.846. The number of hydrogen-bond donors (Lipinski definition) is 1. The molecule has 0 aromatic heterocycles. The molecule has 2 heterocycles. The first kappa shape index (κ1) is 16.1. The molecule has 2 fully saturated rings. The van der Waals surface area contributed by atoms with E-state index in [9.17, 15) is 27.9 Å². The second-order valence-electron chi connectivity index (χ2n) is 5.65. The van der Waals surface area contributed by atoms with Crippen molar-refractivity contribution in [2.75, 3.05) is 26.2 Å². The van der Waals surface area contributed by atoms with Gasteiger partial charge in [-0.15, -0.1) is 0 Å². The second-order valence-corrected chi connectivity index (χ2v) is 5.65. The predicted molar refractivity (Wildman–Crippen MR) is 67.2 cm³/mol. The summed E-state index contributed by atoms with van der Waals surface area (Å²) in [5, 5.41) is 9.29. The Morgan fingerprint density at radius 3 is 2.67 bits per heavy atom. The molecule has 2 unspecified atom stereocenters. The van der Waals surface area contributed by atoms with Crippen molar-refractivity contribution in [3.63, 3.8) is 0 Å². The van der Waals surface area contributed by atoms with E-state index in [-0.39, 0.29) is 31.5 Å². The highest BCUT2D eigenvalue weighted by atomic mass is 19.4. The van der Waals surface area contributed by atoms with Crippen LogP contribution in [0.3, 0.4) is 0 Å². The van der Waals surface area contributed by atoms with Gasteiger partial charge in [0.2, 0.25) is 11.8 Å². The van der Waals surface area contributed by atoms with Crippen LogP contribution in [0.2, 0.25) is 0 Å². The van der Waals surface area contributed by atoms with Crippen molar-refractivity contribution >= 4 is 11.8 Å². The molecule has 1 N–H and O–H groups in total. The highest BCUT2D eigenvalue weighted by Gasteiger charge is 2.42. The van der Waals surface area contributed by atoms with Crippen molar-refractivity contribution in [1.82, 2.24) is 9.80 Å². The van der Waals surface area contributed by atoms with Gasteiger partial charge in [-0.3, -0.25) is 9.59 Å². The van der Waals surface area contributed by atoms with E-state index in [1.165, 1.54) is 4.90 Å². The van der Waals surface area contributed by atoms with Gasteiger partial charge in [0.25, 0.3) is 0 Å². The van der Waals surface area contributed by atoms with Crippen LogP contribution in [0.1, 0.15) is 25.7 Å². The van der Waals surface area contributed by atoms with Crippen LogP contribution in [0.5, 0.6) is 0 Å². The Hall–Kier alpha value is -1.31. The summed E-state index contributed by atoms with van der Waals surface area (Å²) in [6.07, 6.45) is -2.21. The number of carbonyl (C=O) groups is 2. The summed E-state index contributed by atoms with van der Waals surface area (Å²) < 4.78 is 37.1. The number of likely N-dealkylation sites (tertiary alicyclic amines) is 2. The lowest BCUT2D eigenvalue weighted by Gasteiger charge is -2.36. The lowest BCUT2D eigenvalue weighted by Crippen LogP contribution is -2.48. The molecule has 2 aliphatic heterocycles. The number of aliphatic hydroxyl groups is 1. The smallest absolute Gasteiger partial charge is 0.394 e. The number of rotatable bonds is 3. The maximum absolute atomic E-state index is 12.4. The maximum atomic E-state index is 12.4. The second kappa shape index (κ2) is 6.21. The van der Waals surface area contributed by atoms with Gasteiger partial charge in [0.15, 0.2) is 0 Å². The van der Waals surface area contributed by atoms with Gasteiger partial charge < -0.3 is 14.9 Å². The molecule has 120 valence electrons. The van der Waals surface area contributed by atoms with Crippen LogP contribution in [0.4, 0.5) is 13.2 Å². The summed E-state index contributed by atoms with van der Waals surface area (Å²) in [5.41, 5.74) is 0. The summed E-state index contributed by atoms with van der Waals surface area (Å²) in [6.45, 7) is -1.16. The number of nitrogens with zero attached hydrogens (tertiary/aromatic N) is 2. The first-order valence-electron chi connectivity index (χ1n) is 7.07. The van der Waals surface area contributed by atoms with Crippen molar-refractivity contribution < 1.29 is 27.9 Å². The Morgan fingerprint density at radius 1 is 1.33 bits per heavy atom. The molecule has 0 aromatic rings. The fourth-order valence-electron chi connectivity index (χ4n) is 3.02. The number of hydrogen-bond acceptors (Lipinski definition) is 3. The average molecular weight is 308 g/mol. The average Bonchev–Trinajstić information content (AvgIpc) is 2.77. The molecule has 2 aliphatic rings. The molecular weight excluding hydrogens is 289 g/mol. The van der Waals surface area contributed by atoms with E-state index >= 15 is 0 Å². The fourth-order valence-corrected chi connectivity index (χ4v) is 3.02. The maximum Gasteiger partial charge on any atom is 0.406 e. The Balaban J connectivity index is 1.99. The van der Waals surface area contributed by atoms with Gasteiger partial charge in [0.05, 0.1) is 18.6 Å². The predicted octanol–water partition coefficient (Wildman–Crippen LogP) is 0.771. The third kappa shape index (κ3) is 3.87. The Kier molecular flexibility index (Phi) is 4.75. The van der Waals surface area contributed by atoms with Crippen molar-refractivity contribution in [3.8, 4) is 0 Å². The monoisotopic (exact) mass is 308 g/mol. The molecule has 2 saturated heterocycles. The van der Waals surface area contributed by atoms with E-state index in [4.69, 9.17) is 0 Å².